The number of carbonyl (C=O) groups is 1. The summed E-state index contributed by atoms with van der Waals surface area (Å²) in [5.74, 6) is -1.89. The van der Waals surface area contributed by atoms with E-state index >= 15 is 0 Å². The third-order valence-electron chi connectivity index (χ3n) is 4.60. The van der Waals surface area contributed by atoms with E-state index in [1.807, 2.05) is 19.1 Å². The number of amides is 1. The number of nitrogens with zero attached hydrogens (tertiary/aromatic N) is 3. The van der Waals surface area contributed by atoms with Crippen LogP contribution in [-0.4, -0.2) is 30.9 Å². The minimum Gasteiger partial charge on any atom is -0.494 e. The van der Waals surface area contributed by atoms with E-state index in [4.69, 9.17) is 0 Å². The summed E-state index contributed by atoms with van der Waals surface area (Å²) in [6.45, 7) is 1.91. The topological polar surface area (TPSA) is 106 Å². The number of hydrogen-bond acceptors (Lipinski definition) is 6. The lowest BCUT2D eigenvalue weighted by atomic mass is 10.2. The lowest BCUT2D eigenvalue weighted by molar-refractivity contribution is -0.113. The maximum absolute atomic E-state index is 13.8. The summed E-state index contributed by atoms with van der Waals surface area (Å²) < 4.78 is 15.6. The van der Waals surface area contributed by atoms with Gasteiger partial charge in [0.25, 0.3) is 5.56 Å². The summed E-state index contributed by atoms with van der Waals surface area (Å²) >= 11 is 0.885. The van der Waals surface area contributed by atoms with E-state index in [-0.39, 0.29) is 22.0 Å². The van der Waals surface area contributed by atoms with Crippen LogP contribution in [-0.2, 0) is 18.9 Å². The number of aromatic nitrogens is 2. The molecule has 1 amide bonds. The summed E-state index contributed by atoms with van der Waals surface area (Å²) in [4.78, 5) is 41.7. The molecule has 0 saturated heterocycles. The highest BCUT2D eigenvalue weighted by atomic mass is 32.2. The number of halogens is 1. The Morgan fingerprint density at radius 2 is 1.75 bits per heavy atom. The first-order valence-corrected chi connectivity index (χ1v) is 10.5. The molecule has 0 spiro atoms. The van der Waals surface area contributed by atoms with Gasteiger partial charge in [-0.25, -0.2) is 14.2 Å². The SMILES string of the molecule is Cc1ccc(N=C(SCC(=O)Nc2ccccc2F)c2c(O)n(C)c(=O)n(C)c2=O)cc1. The molecule has 8 nitrogen and oxygen atoms in total. The first-order valence-electron chi connectivity index (χ1n) is 9.51. The molecule has 32 heavy (non-hydrogen) atoms. The number of aliphatic imine (C=N–C) groups is 1. The molecule has 0 radical (unpaired) electrons. The molecule has 3 rings (SSSR count). The van der Waals surface area contributed by atoms with Gasteiger partial charge in [-0.3, -0.25) is 18.7 Å². The van der Waals surface area contributed by atoms with Crippen LogP contribution in [0.5, 0.6) is 5.88 Å². The highest BCUT2D eigenvalue weighted by Gasteiger charge is 2.22. The standard InChI is InChI=1S/C22H21FN4O4S/c1-13-8-10-14(11-9-13)24-19(18-20(29)26(2)22(31)27(3)21(18)30)32-12-17(28)25-16-7-5-4-6-15(16)23/h4-11,29H,12H2,1-3H3,(H,25,28). The molecule has 1 aromatic heterocycles. The Kier molecular flexibility index (Phi) is 6.94. The molecular formula is C22H21FN4O4S. The lowest BCUT2D eigenvalue weighted by Crippen LogP contribution is -2.39. The van der Waals surface area contributed by atoms with Crippen LogP contribution in [0.3, 0.4) is 0 Å². The van der Waals surface area contributed by atoms with Gasteiger partial charge < -0.3 is 10.4 Å². The number of aryl methyl sites for hydroxylation is 1. The average molecular weight is 456 g/mol. The molecule has 0 fully saturated rings. The predicted molar refractivity (Wildman–Crippen MR) is 123 cm³/mol. The minimum absolute atomic E-state index is 0.0241. The van der Waals surface area contributed by atoms with Gasteiger partial charge in [-0.15, -0.1) is 0 Å². The van der Waals surface area contributed by atoms with Gasteiger partial charge in [-0.1, -0.05) is 41.6 Å². The second kappa shape index (κ2) is 9.65. The highest BCUT2D eigenvalue weighted by Crippen LogP contribution is 2.24. The van der Waals surface area contributed by atoms with E-state index in [0.717, 1.165) is 26.5 Å². The second-order valence-electron chi connectivity index (χ2n) is 6.97. The van der Waals surface area contributed by atoms with Gasteiger partial charge in [-0.2, -0.15) is 0 Å². The molecule has 0 atom stereocenters. The molecule has 0 aliphatic carbocycles. The Balaban J connectivity index is 1.99. The number of benzene rings is 2. The molecule has 0 unspecified atom stereocenters. The molecular weight excluding hydrogens is 435 g/mol. The predicted octanol–water partition coefficient (Wildman–Crippen LogP) is 2.69. The van der Waals surface area contributed by atoms with E-state index in [9.17, 15) is 23.9 Å². The van der Waals surface area contributed by atoms with Gasteiger partial charge in [0.05, 0.1) is 17.1 Å². The number of thioether (sulfide) groups is 1. The van der Waals surface area contributed by atoms with E-state index in [0.29, 0.717) is 5.69 Å². The first kappa shape index (κ1) is 23.0. The zero-order chi connectivity index (χ0) is 23.4. The van der Waals surface area contributed by atoms with Gasteiger partial charge in [0.1, 0.15) is 16.4 Å². The summed E-state index contributed by atoms with van der Waals surface area (Å²) in [7, 11) is 2.60. The monoisotopic (exact) mass is 456 g/mol. The quantitative estimate of drug-likeness (QED) is 0.454. The summed E-state index contributed by atoms with van der Waals surface area (Å²) in [6, 6.07) is 12.8. The number of hydrogen-bond donors (Lipinski definition) is 2. The fraction of sp³-hybridized carbons (Fsp3) is 0.182. The van der Waals surface area contributed by atoms with E-state index in [1.54, 1.807) is 18.2 Å². The van der Waals surface area contributed by atoms with E-state index in [2.05, 4.69) is 10.3 Å². The minimum atomic E-state index is -0.751. The third-order valence-corrected chi connectivity index (χ3v) is 5.58. The van der Waals surface area contributed by atoms with Crippen molar-refractivity contribution in [3.8, 4) is 5.88 Å². The lowest BCUT2D eigenvalue weighted by Gasteiger charge is -2.12. The molecule has 10 heteroatoms. The highest BCUT2D eigenvalue weighted by molar-refractivity contribution is 8.15. The van der Waals surface area contributed by atoms with Crippen molar-refractivity contribution < 1.29 is 14.3 Å². The van der Waals surface area contributed by atoms with Crippen molar-refractivity contribution in [2.75, 3.05) is 11.1 Å². The number of para-hydroxylation sites is 1. The second-order valence-corrected chi connectivity index (χ2v) is 7.94. The van der Waals surface area contributed by atoms with Crippen molar-refractivity contribution in [2.24, 2.45) is 19.1 Å². The van der Waals surface area contributed by atoms with Crippen molar-refractivity contribution in [3.05, 3.63) is 86.3 Å². The van der Waals surface area contributed by atoms with Crippen molar-refractivity contribution in [2.45, 2.75) is 6.92 Å². The van der Waals surface area contributed by atoms with Crippen LogP contribution in [0.4, 0.5) is 15.8 Å². The zero-order valence-electron chi connectivity index (χ0n) is 17.6. The molecule has 3 aromatic rings. The first-order chi connectivity index (χ1) is 15.2. The Morgan fingerprint density at radius 3 is 2.41 bits per heavy atom. The Morgan fingerprint density at radius 1 is 1.09 bits per heavy atom. The van der Waals surface area contributed by atoms with Gasteiger partial charge in [0.15, 0.2) is 0 Å². The van der Waals surface area contributed by atoms with Crippen molar-refractivity contribution in [1.82, 2.24) is 9.13 Å². The maximum Gasteiger partial charge on any atom is 0.333 e. The smallest absolute Gasteiger partial charge is 0.333 e. The Hall–Kier alpha value is -3.66. The van der Waals surface area contributed by atoms with Crippen molar-refractivity contribution in [1.29, 1.82) is 0 Å². The average Bonchev–Trinajstić information content (AvgIpc) is 2.77. The summed E-state index contributed by atoms with van der Waals surface area (Å²) in [6.07, 6.45) is 0. The summed E-state index contributed by atoms with van der Waals surface area (Å²) in [5, 5.41) is 13.0. The van der Waals surface area contributed by atoms with Gasteiger partial charge in [-0.05, 0) is 31.2 Å². The largest absolute Gasteiger partial charge is 0.494 e. The normalized spacial score (nSPS) is 11.4. The van der Waals surface area contributed by atoms with Crippen LogP contribution >= 0.6 is 11.8 Å². The number of carbonyl (C=O) groups excluding carboxylic acids is 1. The van der Waals surface area contributed by atoms with Crippen LogP contribution in [0, 0.1) is 12.7 Å². The fourth-order valence-electron chi connectivity index (χ4n) is 2.80. The fourth-order valence-corrected chi connectivity index (χ4v) is 3.63. The van der Waals surface area contributed by atoms with Crippen LogP contribution in [0.15, 0.2) is 63.1 Å². The van der Waals surface area contributed by atoms with E-state index < -0.39 is 28.9 Å². The molecule has 0 aliphatic heterocycles. The van der Waals surface area contributed by atoms with Gasteiger partial charge >= 0.3 is 5.69 Å². The zero-order valence-corrected chi connectivity index (χ0v) is 18.4. The third kappa shape index (κ3) is 4.97. The van der Waals surface area contributed by atoms with E-state index in [1.165, 1.54) is 32.3 Å². The number of nitrogens with one attached hydrogen (secondary N) is 1. The van der Waals surface area contributed by atoms with Gasteiger partial charge in [0.2, 0.25) is 11.8 Å². The number of aromatic hydroxyl groups is 1. The molecule has 166 valence electrons. The van der Waals surface area contributed by atoms with Crippen molar-refractivity contribution >= 4 is 34.1 Å². The molecule has 2 aromatic carbocycles. The Bertz CT molecular complexity index is 1310. The molecule has 0 saturated carbocycles. The number of rotatable bonds is 5. The molecule has 0 bridgehead atoms. The molecule has 2 N–H and O–H groups in total. The van der Waals surface area contributed by atoms with Gasteiger partial charge in [0, 0.05) is 14.1 Å². The van der Waals surface area contributed by atoms with Crippen LogP contribution in [0.1, 0.15) is 11.1 Å². The molecule has 0 aliphatic rings. The summed E-state index contributed by atoms with van der Waals surface area (Å²) in [5.41, 5.74) is -0.146. The van der Waals surface area contributed by atoms with Crippen molar-refractivity contribution in [3.63, 3.8) is 0 Å². The maximum atomic E-state index is 13.8. The Labute approximate surface area is 187 Å². The van der Waals surface area contributed by atoms with Crippen LogP contribution in [0.2, 0.25) is 0 Å². The molecule has 1 heterocycles. The van der Waals surface area contributed by atoms with Crippen LogP contribution in [0.25, 0.3) is 0 Å². The van der Waals surface area contributed by atoms with Crippen LogP contribution < -0.4 is 16.6 Å². The number of anilines is 1.